The average Bonchev–Trinajstić information content (AvgIpc) is 2.45. The van der Waals surface area contributed by atoms with Gasteiger partial charge in [-0.25, -0.2) is 0 Å². The number of aliphatic hydroxyl groups excluding tert-OH is 1. The molecular formula is C17H30N2O2. The molecule has 1 N–H and O–H groups in total. The van der Waals surface area contributed by atoms with Crippen LogP contribution in [-0.4, -0.2) is 53.1 Å². The quantitative estimate of drug-likeness (QED) is 0.748. The molecule has 0 saturated heterocycles. The second-order valence-corrected chi connectivity index (χ2v) is 6.21. The van der Waals surface area contributed by atoms with Gasteiger partial charge >= 0.3 is 0 Å². The maximum atomic E-state index is 12.7. The van der Waals surface area contributed by atoms with Crippen LogP contribution in [0.1, 0.15) is 58.3 Å². The summed E-state index contributed by atoms with van der Waals surface area (Å²) in [6.07, 6.45) is 11.3. The molecule has 1 saturated carbocycles. The average molecular weight is 294 g/mol. The molecule has 0 heterocycles. The Hall–Kier alpha value is -0.870. The SMILES string of the molecule is CCN(C(=O)CN(CCCO)C1CCC1)C1=CCCCC1. The van der Waals surface area contributed by atoms with Gasteiger partial charge in [-0.1, -0.05) is 12.5 Å². The van der Waals surface area contributed by atoms with E-state index in [4.69, 9.17) is 5.11 Å². The molecule has 0 radical (unpaired) electrons. The minimum Gasteiger partial charge on any atom is -0.396 e. The van der Waals surface area contributed by atoms with Crippen LogP contribution in [0.3, 0.4) is 0 Å². The number of allylic oxidation sites excluding steroid dienone is 2. The minimum absolute atomic E-state index is 0.208. The van der Waals surface area contributed by atoms with E-state index in [0.717, 1.165) is 32.4 Å². The highest BCUT2D eigenvalue weighted by Gasteiger charge is 2.28. The summed E-state index contributed by atoms with van der Waals surface area (Å²) < 4.78 is 0. The predicted octanol–water partition coefficient (Wildman–Crippen LogP) is 2.53. The highest BCUT2D eigenvalue weighted by Crippen LogP contribution is 2.26. The van der Waals surface area contributed by atoms with Crippen molar-refractivity contribution in [3.8, 4) is 0 Å². The number of aliphatic hydroxyl groups is 1. The van der Waals surface area contributed by atoms with Crippen LogP contribution in [-0.2, 0) is 4.79 Å². The number of nitrogens with zero attached hydrogens (tertiary/aromatic N) is 2. The molecule has 0 aliphatic heterocycles. The summed E-state index contributed by atoms with van der Waals surface area (Å²) in [5.74, 6) is 0.232. The number of amides is 1. The van der Waals surface area contributed by atoms with Crippen LogP contribution in [0, 0.1) is 0 Å². The van der Waals surface area contributed by atoms with Gasteiger partial charge in [-0.2, -0.15) is 0 Å². The second kappa shape index (κ2) is 8.54. The molecule has 0 atom stereocenters. The maximum Gasteiger partial charge on any atom is 0.240 e. The van der Waals surface area contributed by atoms with Crippen molar-refractivity contribution in [2.75, 3.05) is 26.2 Å². The van der Waals surface area contributed by atoms with E-state index in [9.17, 15) is 4.79 Å². The zero-order chi connectivity index (χ0) is 15.1. The van der Waals surface area contributed by atoms with Gasteiger partial charge in [0.2, 0.25) is 5.91 Å². The van der Waals surface area contributed by atoms with Crippen molar-refractivity contribution in [1.82, 2.24) is 9.80 Å². The third kappa shape index (κ3) is 4.55. The zero-order valence-corrected chi connectivity index (χ0v) is 13.4. The van der Waals surface area contributed by atoms with Crippen molar-refractivity contribution in [3.05, 3.63) is 11.8 Å². The number of rotatable bonds is 8. The Kier molecular flexibility index (Phi) is 6.71. The van der Waals surface area contributed by atoms with E-state index in [1.165, 1.54) is 37.8 Å². The van der Waals surface area contributed by atoms with Crippen molar-refractivity contribution in [2.45, 2.75) is 64.3 Å². The van der Waals surface area contributed by atoms with Crippen molar-refractivity contribution in [3.63, 3.8) is 0 Å². The van der Waals surface area contributed by atoms with Crippen LogP contribution in [0.25, 0.3) is 0 Å². The molecule has 4 heteroatoms. The fraction of sp³-hybridized carbons (Fsp3) is 0.824. The summed E-state index contributed by atoms with van der Waals surface area (Å²) in [6.45, 7) is 4.39. The first-order chi connectivity index (χ1) is 10.3. The fourth-order valence-electron chi connectivity index (χ4n) is 3.28. The van der Waals surface area contributed by atoms with Crippen LogP contribution in [0.2, 0.25) is 0 Å². The van der Waals surface area contributed by atoms with E-state index < -0.39 is 0 Å². The molecule has 4 nitrogen and oxygen atoms in total. The fourth-order valence-corrected chi connectivity index (χ4v) is 3.28. The lowest BCUT2D eigenvalue weighted by atomic mass is 9.91. The smallest absolute Gasteiger partial charge is 0.240 e. The second-order valence-electron chi connectivity index (χ2n) is 6.21. The summed E-state index contributed by atoms with van der Waals surface area (Å²) in [5, 5.41) is 9.05. The van der Waals surface area contributed by atoms with Gasteiger partial charge in [0.25, 0.3) is 0 Å². The van der Waals surface area contributed by atoms with E-state index in [1.54, 1.807) is 0 Å². The molecule has 1 fully saturated rings. The van der Waals surface area contributed by atoms with E-state index in [2.05, 4.69) is 17.9 Å². The van der Waals surface area contributed by atoms with Gasteiger partial charge in [0.05, 0.1) is 6.54 Å². The van der Waals surface area contributed by atoms with Crippen LogP contribution in [0.5, 0.6) is 0 Å². The highest BCUT2D eigenvalue weighted by molar-refractivity contribution is 5.80. The van der Waals surface area contributed by atoms with Gasteiger partial charge in [0, 0.05) is 31.4 Å². The molecular weight excluding hydrogens is 264 g/mol. The Bertz CT molecular complexity index is 364. The third-order valence-electron chi connectivity index (χ3n) is 4.76. The van der Waals surface area contributed by atoms with Crippen molar-refractivity contribution in [2.24, 2.45) is 0 Å². The minimum atomic E-state index is 0.208. The molecule has 21 heavy (non-hydrogen) atoms. The van der Waals surface area contributed by atoms with Gasteiger partial charge in [-0.05, 0) is 51.9 Å². The molecule has 0 aromatic carbocycles. The zero-order valence-electron chi connectivity index (χ0n) is 13.4. The van der Waals surface area contributed by atoms with Gasteiger partial charge in [0.15, 0.2) is 0 Å². The lowest BCUT2D eigenvalue weighted by molar-refractivity contribution is -0.131. The van der Waals surface area contributed by atoms with E-state index in [0.29, 0.717) is 12.6 Å². The van der Waals surface area contributed by atoms with Crippen molar-refractivity contribution in [1.29, 1.82) is 0 Å². The van der Waals surface area contributed by atoms with E-state index in [-0.39, 0.29) is 12.5 Å². The molecule has 2 rings (SSSR count). The summed E-state index contributed by atoms with van der Waals surface area (Å²) in [5.41, 5.74) is 1.23. The summed E-state index contributed by atoms with van der Waals surface area (Å²) >= 11 is 0. The van der Waals surface area contributed by atoms with Crippen LogP contribution in [0.4, 0.5) is 0 Å². The van der Waals surface area contributed by atoms with E-state index in [1.807, 2.05) is 4.90 Å². The van der Waals surface area contributed by atoms with Gasteiger partial charge in [-0.15, -0.1) is 0 Å². The molecule has 0 unspecified atom stereocenters. The predicted molar refractivity (Wildman–Crippen MR) is 84.9 cm³/mol. The van der Waals surface area contributed by atoms with Gasteiger partial charge < -0.3 is 10.0 Å². The first-order valence-electron chi connectivity index (χ1n) is 8.60. The lowest BCUT2D eigenvalue weighted by Gasteiger charge is -2.38. The number of likely N-dealkylation sites (N-methyl/N-ethyl adjacent to an activating group) is 1. The monoisotopic (exact) mass is 294 g/mol. The molecule has 0 aromatic rings. The summed E-state index contributed by atoms with van der Waals surface area (Å²) in [6, 6.07) is 0.555. The van der Waals surface area contributed by atoms with Gasteiger partial charge in [-0.3, -0.25) is 9.69 Å². The summed E-state index contributed by atoms with van der Waals surface area (Å²) in [4.78, 5) is 16.9. The topological polar surface area (TPSA) is 43.8 Å². The Morgan fingerprint density at radius 3 is 2.67 bits per heavy atom. The van der Waals surface area contributed by atoms with Crippen molar-refractivity contribution < 1.29 is 9.90 Å². The van der Waals surface area contributed by atoms with Crippen molar-refractivity contribution >= 4 is 5.91 Å². The molecule has 0 bridgehead atoms. The Morgan fingerprint density at radius 2 is 2.14 bits per heavy atom. The third-order valence-corrected chi connectivity index (χ3v) is 4.76. The highest BCUT2D eigenvalue weighted by atomic mass is 16.3. The first-order valence-corrected chi connectivity index (χ1v) is 8.60. The molecule has 120 valence electrons. The largest absolute Gasteiger partial charge is 0.396 e. The Balaban J connectivity index is 1.93. The van der Waals surface area contributed by atoms with Crippen LogP contribution < -0.4 is 0 Å². The normalized spacial score (nSPS) is 19.3. The van der Waals surface area contributed by atoms with Crippen LogP contribution >= 0.6 is 0 Å². The van der Waals surface area contributed by atoms with Crippen LogP contribution in [0.15, 0.2) is 11.8 Å². The van der Waals surface area contributed by atoms with Gasteiger partial charge in [0.1, 0.15) is 0 Å². The molecule has 2 aliphatic carbocycles. The maximum absolute atomic E-state index is 12.7. The van der Waals surface area contributed by atoms with E-state index >= 15 is 0 Å². The molecule has 0 aromatic heterocycles. The molecule has 0 spiro atoms. The first kappa shape index (κ1) is 16.5. The summed E-state index contributed by atoms with van der Waals surface area (Å²) in [7, 11) is 0. The number of carbonyl (C=O) groups excluding carboxylic acids is 1. The Labute approximate surface area is 128 Å². The lowest BCUT2D eigenvalue weighted by Crippen LogP contribution is -2.47. The molecule has 1 amide bonds. The number of carbonyl (C=O) groups is 1. The Morgan fingerprint density at radius 1 is 1.33 bits per heavy atom. The molecule has 2 aliphatic rings. The number of hydrogen-bond donors (Lipinski definition) is 1. The standard InChI is InChI=1S/C17H30N2O2/c1-2-19(16-8-4-3-5-9-16)17(21)14-18(12-7-13-20)15-10-6-11-15/h8,15,20H,2-7,9-14H2,1H3. The number of hydrogen-bond acceptors (Lipinski definition) is 3.